The van der Waals surface area contributed by atoms with Crippen LogP contribution < -0.4 is 5.32 Å². The van der Waals surface area contributed by atoms with E-state index in [0.29, 0.717) is 6.04 Å². The molecule has 3 unspecified atom stereocenters. The Labute approximate surface area is 131 Å². The molecule has 1 saturated carbocycles. The summed E-state index contributed by atoms with van der Waals surface area (Å²) in [6.07, 6.45) is 6.58. The zero-order valence-corrected chi connectivity index (χ0v) is 14.4. The van der Waals surface area contributed by atoms with Gasteiger partial charge in [-0.15, -0.1) is 0 Å². The van der Waals surface area contributed by atoms with Crippen LogP contribution in [0.1, 0.15) is 70.4 Å². The number of hydrogen-bond acceptors (Lipinski definition) is 1. The first-order valence-corrected chi connectivity index (χ1v) is 8.92. The summed E-state index contributed by atoms with van der Waals surface area (Å²) < 4.78 is 0. The Bertz CT molecular complexity index is 406. The second-order valence-electron chi connectivity index (χ2n) is 7.34. The van der Waals surface area contributed by atoms with E-state index >= 15 is 0 Å². The summed E-state index contributed by atoms with van der Waals surface area (Å²) in [6.45, 7) is 10.3. The molecule has 0 aromatic heterocycles. The molecule has 1 N–H and O–H groups in total. The van der Waals surface area contributed by atoms with Crippen LogP contribution in [-0.4, -0.2) is 12.6 Å². The summed E-state index contributed by atoms with van der Waals surface area (Å²) in [5, 5.41) is 3.66. The van der Waals surface area contributed by atoms with Crippen LogP contribution in [0.15, 0.2) is 24.3 Å². The van der Waals surface area contributed by atoms with Gasteiger partial charge in [-0.3, -0.25) is 0 Å². The molecule has 1 fully saturated rings. The van der Waals surface area contributed by atoms with Crippen LogP contribution in [0.3, 0.4) is 0 Å². The fourth-order valence-corrected chi connectivity index (χ4v) is 3.70. The summed E-state index contributed by atoms with van der Waals surface area (Å²) in [4.78, 5) is 0. The lowest BCUT2D eigenvalue weighted by Crippen LogP contribution is -2.34. The van der Waals surface area contributed by atoms with Gasteiger partial charge in [0.25, 0.3) is 0 Å². The average molecular weight is 287 g/mol. The van der Waals surface area contributed by atoms with Crippen molar-refractivity contribution < 1.29 is 0 Å². The maximum atomic E-state index is 3.66. The highest BCUT2D eigenvalue weighted by Gasteiger charge is 2.29. The van der Waals surface area contributed by atoms with Crippen molar-refractivity contribution in [1.29, 1.82) is 0 Å². The van der Waals surface area contributed by atoms with E-state index in [9.17, 15) is 0 Å². The molecule has 0 bridgehead atoms. The molecule has 1 aliphatic carbocycles. The first-order chi connectivity index (χ1) is 10.1. The van der Waals surface area contributed by atoms with E-state index < -0.39 is 0 Å². The fourth-order valence-electron chi connectivity index (χ4n) is 3.70. The lowest BCUT2D eigenvalue weighted by Gasteiger charge is -2.36. The predicted octanol–water partition coefficient (Wildman–Crippen LogP) is 5.16. The third-order valence-electron chi connectivity index (χ3n) is 4.99. The Morgan fingerprint density at radius 2 is 1.86 bits per heavy atom. The molecule has 118 valence electrons. The van der Waals surface area contributed by atoms with E-state index in [1.807, 2.05) is 0 Å². The molecule has 1 heteroatoms. The van der Waals surface area contributed by atoms with Gasteiger partial charge in [-0.2, -0.15) is 0 Å². The molecule has 0 saturated heterocycles. The third kappa shape index (κ3) is 4.85. The summed E-state index contributed by atoms with van der Waals surface area (Å²) in [6, 6.07) is 10.1. The Hall–Kier alpha value is -0.820. The van der Waals surface area contributed by atoms with E-state index in [2.05, 4.69) is 57.3 Å². The summed E-state index contributed by atoms with van der Waals surface area (Å²) in [7, 11) is 0. The molecule has 0 radical (unpaired) electrons. The highest BCUT2D eigenvalue weighted by Crippen LogP contribution is 2.40. The van der Waals surface area contributed by atoms with Crippen LogP contribution in [0.5, 0.6) is 0 Å². The van der Waals surface area contributed by atoms with Gasteiger partial charge in [0.2, 0.25) is 0 Å². The van der Waals surface area contributed by atoms with Gasteiger partial charge in [0.15, 0.2) is 0 Å². The number of hydrogen-bond donors (Lipinski definition) is 1. The van der Waals surface area contributed by atoms with Gasteiger partial charge in [-0.25, -0.2) is 0 Å². The van der Waals surface area contributed by atoms with E-state index in [4.69, 9.17) is 0 Å². The van der Waals surface area contributed by atoms with Crippen molar-refractivity contribution in [3.63, 3.8) is 0 Å². The number of benzene rings is 1. The highest BCUT2D eigenvalue weighted by atomic mass is 14.9. The number of nitrogens with one attached hydrogen (secondary N) is 1. The van der Waals surface area contributed by atoms with Crippen molar-refractivity contribution in [2.45, 2.75) is 71.8 Å². The standard InChI is InChI=1S/C20H33N/c1-5-6-17-8-11-18(12-9-17)20-13-16(4)7-10-19(20)14-21-15(2)3/h8-9,11-12,15-16,19-21H,5-7,10,13-14H2,1-4H3. The molecule has 0 amide bonds. The molecule has 0 aliphatic heterocycles. The van der Waals surface area contributed by atoms with Crippen molar-refractivity contribution in [3.05, 3.63) is 35.4 Å². The van der Waals surface area contributed by atoms with Crippen LogP contribution in [0.4, 0.5) is 0 Å². The SMILES string of the molecule is CCCc1ccc(C2CC(C)CCC2CNC(C)C)cc1. The first kappa shape index (κ1) is 16.5. The minimum Gasteiger partial charge on any atom is -0.314 e. The molecule has 21 heavy (non-hydrogen) atoms. The Balaban J connectivity index is 2.07. The minimum absolute atomic E-state index is 0.594. The van der Waals surface area contributed by atoms with Crippen molar-refractivity contribution in [2.75, 3.05) is 6.54 Å². The normalized spacial score (nSPS) is 26.2. The van der Waals surface area contributed by atoms with Crippen LogP contribution in [0.2, 0.25) is 0 Å². The van der Waals surface area contributed by atoms with Gasteiger partial charge in [0.1, 0.15) is 0 Å². The topological polar surface area (TPSA) is 12.0 Å². The van der Waals surface area contributed by atoms with Crippen LogP contribution in [0.25, 0.3) is 0 Å². The Morgan fingerprint density at radius 3 is 2.48 bits per heavy atom. The third-order valence-corrected chi connectivity index (χ3v) is 4.99. The molecule has 0 heterocycles. The summed E-state index contributed by atoms with van der Waals surface area (Å²) in [5.41, 5.74) is 3.05. The fraction of sp³-hybridized carbons (Fsp3) is 0.700. The van der Waals surface area contributed by atoms with E-state index in [1.165, 1.54) is 44.2 Å². The molecular weight excluding hydrogens is 254 g/mol. The van der Waals surface area contributed by atoms with E-state index in [-0.39, 0.29) is 0 Å². The molecule has 1 aliphatic rings. The Kier molecular flexibility index (Phi) is 6.29. The molecule has 1 aromatic rings. The van der Waals surface area contributed by atoms with Gasteiger partial charge in [-0.05, 0) is 54.7 Å². The van der Waals surface area contributed by atoms with Gasteiger partial charge in [-0.1, -0.05) is 64.8 Å². The van der Waals surface area contributed by atoms with Crippen LogP contribution in [-0.2, 0) is 6.42 Å². The van der Waals surface area contributed by atoms with Crippen molar-refractivity contribution in [3.8, 4) is 0 Å². The number of rotatable bonds is 6. The van der Waals surface area contributed by atoms with E-state index in [1.54, 1.807) is 5.56 Å². The molecular formula is C20H33N. The second kappa shape index (κ2) is 7.98. The lowest BCUT2D eigenvalue weighted by atomic mass is 9.71. The summed E-state index contributed by atoms with van der Waals surface area (Å²) in [5.74, 6) is 2.43. The first-order valence-electron chi connectivity index (χ1n) is 8.92. The predicted molar refractivity (Wildman–Crippen MR) is 92.8 cm³/mol. The van der Waals surface area contributed by atoms with Crippen LogP contribution >= 0.6 is 0 Å². The maximum Gasteiger partial charge on any atom is 0.00104 e. The van der Waals surface area contributed by atoms with Crippen LogP contribution in [0, 0.1) is 11.8 Å². The Morgan fingerprint density at radius 1 is 1.14 bits per heavy atom. The van der Waals surface area contributed by atoms with Gasteiger partial charge >= 0.3 is 0 Å². The average Bonchev–Trinajstić information content (AvgIpc) is 2.47. The van der Waals surface area contributed by atoms with Crippen molar-refractivity contribution in [2.24, 2.45) is 11.8 Å². The smallest absolute Gasteiger partial charge is 0.00104 e. The quantitative estimate of drug-likeness (QED) is 0.762. The maximum absolute atomic E-state index is 3.66. The van der Waals surface area contributed by atoms with Gasteiger partial charge in [0.05, 0.1) is 0 Å². The zero-order chi connectivity index (χ0) is 15.2. The largest absolute Gasteiger partial charge is 0.314 e. The lowest BCUT2D eigenvalue weighted by molar-refractivity contribution is 0.238. The molecule has 1 aromatic carbocycles. The van der Waals surface area contributed by atoms with Crippen molar-refractivity contribution >= 4 is 0 Å². The van der Waals surface area contributed by atoms with E-state index in [0.717, 1.165) is 17.8 Å². The molecule has 2 rings (SSSR count). The van der Waals surface area contributed by atoms with Gasteiger partial charge in [0, 0.05) is 6.04 Å². The number of aryl methyl sites for hydroxylation is 1. The van der Waals surface area contributed by atoms with Crippen molar-refractivity contribution in [1.82, 2.24) is 5.32 Å². The highest BCUT2D eigenvalue weighted by molar-refractivity contribution is 5.26. The zero-order valence-electron chi connectivity index (χ0n) is 14.4. The minimum atomic E-state index is 0.594. The van der Waals surface area contributed by atoms with Gasteiger partial charge < -0.3 is 5.32 Å². The summed E-state index contributed by atoms with van der Waals surface area (Å²) >= 11 is 0. The second-order valence-corrected chi connectivity index (χ2v) is 7.34. The monoisotopic (exact) mass is 287 g/mol. The molecule has 0 spiro atoms. The molecule has 3 atom stereocenters. The molecule has 1 nitrogen and oxygen atoms in total.